The Morgan fingerprint density at radius 3 is 3.00 bits per heavy atom. The van der Waals surface area contributed by atoms with Crippen molar-refractivity contribution in [3.8, 4) is 17.6 Å². The van der Waals surface area contributed by atoms with Crippen molar-refractivity contribution < 1.29 is 24.2 Å². The van der Waals surface area contributed by atoms with E-state index in [0.717, 1.165) is 12.5 Å². The number of ether oxygens (including phenoxy) is 2. The van der Waals surface area contributed by atoms with Gasteiger partial charge in [0, 0.05) is 6.08 Å². The Morgan fingerprint density at radius 2 is 2.35 bits per heavy atom. The second kappa shape index (κ2) is 7.31. The van der Waals surface area contributed by atoms with Crippen molar-refractivity contribution in [2.24, 2.45) is 0 Å². The van der Waals surface area contributed by atoms with Crippen LogP contribution in [0.15, 0.2) is 18.2 Å². The monoisotopic (exact) mass is 316 g/mol. The average molecular weight is 316 g/mol. The van der Waals surface area contributed by atoms with E-state index in [1.54, 1.807) is 12.1 Å². The van der Waals surface area contributed by atoms with Gasteiger partial charge < -0.3 is 14.6 Å². The molecule has 0 bridgehead atoms. The van der Waals surface area contributed by atoms with E-state index in [0.29, 0.717) is 29.4 Å². The first-order chi connectivity index (χ1) is 11.1. The number of amides is 1. The molecular formula is C16H16N2O5. The molecule has 0 aromatic heterocycles. The van der Waals surface area contributed by atoms with E-state index in [2.05, 4.69) is 0 Å². The SMILES string of the molecule is CCCOc1cc(/C=C/C(=O)O)cc2c1OCC(=O)N2CC#N. The summed E-state index contributed by atoms with van der Waals surface area (Å²) in [5.41, 5.74) is 0.944. The normalized spacial score (nSPS) is 13.4. The Balaban J connectivity index is 2.51. The van der Waals surface area contributed by atoms with Crippen molar-refractivity contribution in [3.63, 3.8) is 0 Å². The molecule has 7 nitrogen and oxygen atoms in total. The third kappa shape index (κ3) is 3.80. The van der Waals surface area contributed by atoms with Gasteiger partial charge in [-0.25, -0.2) is 4.79 Å². The van der Waals surface area contributed by atoms with Crippen molar-refractivity contribution in [3.05, 3.63) is 23.8 Å². The summed E-state index contributed by atoms with van der Waals surface area (Å²) >= 11 is 0. The van der Waals surface area contributed by atoms with Crippen LogP contribution in [0.5, 0.6) is 11.5 Å². The van der Waals surface area contributed by atoms with Crippen LogP contribution < -0.4 is 14.4 Å². The van der Waals surface area contributed by atoms with Crippen molar-refractivity contribution in [2.45, 2.75) is 13.3 Å². The van der Waals surface area contributed by atoms with Gasteiger partial charge >= 0.3 is 5.97 Å². The molecule has 0 saturated carbocycles. The Morgan fingerprint density at radius 1 is 1.57 bits per heavy atom. The molecule has 0 aliphatic carbocycles. The van der Waals surface area contributed by atoms with E-state index in [-0.39, 0.29) is 19.1 Å². The summed E-state index contributed by atoms with van der Waals surface area (Å²) in [5, 5.41) is 17.7. The van der Waals surface area contributed by atoms with Crippen LogP contribution in [0.3, 0.4) is 0 Å². The predicted octanol–water partition coefficient (Wildman–Crippen LogP) is 1.82. The molecule has 0 atom stereocenters. The van der Waals surface area contributed by atoms with Crippen LogP contribution in [0.1, 0.15) is 18.9 Å². The number of anilines is 1. The van der Waals surface area contributed by atoms with Crippen LogP contribution >= 0.6 is 0 Å². The molecule has 2 rings (SSSR count). The number of carbonyl (C=O) groups excluding carboxylic acids is 1. The molecule has 0 saturated heterocycles. The number of benzene rings is 1. The highest BCUT2D eigenvalue weighted by Gasteiger charge is 2.28. The van der Waals surface area contributed by atoms with Crippen molar-refractivity contribution >= 4 is 23.6 Å². The third-order valence-corrected chi connectivity index (χ3v) is 3.10. The van der Waals surface area contributed by atoms with Gasteiger partial charge in [0.15, 0.2) is 18.1 Å². The number of fused-ring (bicyclic) bond motifs is 1. The van der Waals surface area contributed by atoms with Crippen LogP contribution in [0, 0.1) is 11.3 Å². The van der Waals surface area contributed by atoms with Gasteiger partial charge in [-0.3, -0.25) is 9.69 Å². The van der Waals surface area contributed by atoms with Gasteiger partial charge in [-0.15, -0.1) is 0 Å². The predicted molar refractivity (Wildman–Crippen MR) is 82.4 cm³/mol. The fraction of sp³-hybridized carbons (Fsp3) is 0.312. The van der Waals surface area contributed by atoms with Crippen LogP contribution in [0.4, 0.5) is 5.69 Å². The zero-order chi connectivity index (χ0) is 16.8. The maximum absolute atomic E-state index is 11.9. The minimum absolute atomic E-state index is 0.117. The quantitative estimate of drug-likeness (QED) is 0.635. The first-order valence-corrected chi connectivity index (χ1v) is 7.08. The highest BCUT2D eigenvalue weighted by atomic mass is 16.5. The second-order valence-electron chi connectivity index (χ2n) is 4.81. The molecule has 1 N–H and O–H groups in total. The fourth-order valence-corrected chi connectivity index (χ4v) is 2.13. The van der Waals surface area contributed by atoms with Crippen LogP contribution in [0.2, 0.25) is 0 Å². The number of carbonyl (C=O) groups is 2. The Hall–Kier alpha value is -3.01. The van der Waals surface area contributed by atoms with E-state index in [1.807, 2.05) is 13.0 Å². The third-order valence-electron chi connectivity index (χ3n) is 3.10. The molecule has 7 heteroatoms. The van der Waals surface area contributed by atoms with Gasteiger partial charge in [0.1, 0.15) is 6.54 Å². The minimum atomic E-state index is -1.08. The molecule has 0 radical (unpaired) electrons. The lowest BCUT2D eigenvalue weighted by atomic mass is 10.1. The number of carboxylic acid groups (broad SMARTS) is 1. The number of hydrogen-bond acceptors (Lipinski definition) is 5. The Bertz CT molecular complexity index is 690. The summed E-state index contributed by atoms with van der Waals surface area (Å²) in [6.45, 7) is 2.12. The molecule has 1 aliphatic rings. The van der Waals surface area contributed by atoms with Gasteiger partial charge in [0.05, 0.1) is 18.4 Å². The van der Waals surface area contributed by atoms with Gasteiger partial charge in [0.25, 0.3) is 5.91 Å². The number of nitriles is 1. The van der Waals surface area contributed by atoms with E-state index >= 15 is 0 Å². The molecule has 1 aliphatic heterocycles. The molecule has 0 spiro atoms. The molecule has 23 heavy (non-hydrogen) atoms. The number of rotatable bonds is 6. The zero-order valence-corrected chi connectivity index (χ0v) is 12.6. The van der Waals surface area contributed by atoms with Crippen molar-refractivity contribution in [1.29, 1.82) is 5.26 Å². The first kappa shape index (κ1) is 16.4. The van der Waals surface area contributed by atoms with Crippen molar-refractivity contribution in [2.75, 3.05) is 24.7 Å². The lowest BCUT2D eigenvalue weighted by molar-refractivity contribution is -0.131. The maximum Gasteiger partial charge on any atom is 0.328 e. The Kier molecular flexibility index (Phi) is 5.20. The first-order valence-electron chi connectivity index (χ1n) is 7.08. The molecule has 0 unspecified atom stereocenters. The van der Waals surface area contributed by atoms with Gasteiger partial charge in [-0.2, -0.15) is 5.26 Å². The summed E-state index contributed by atoms with van der Waals surface area (Å²) in [6, 6.07) is 5.18. The topological polar surface area (TPSA) is 99.9 Å². The van der Waals surface area contributed by atoms with E-state index in [4.69, 9.17) is 19.8 Å². The number of carboxylic acids is 1. The van der Waals surface area contributed by atoms with Crippen LogP contribution in [-0.4, -0.2) is 36.7 Å². The number of nitrogens with zero attached hydrogens (tertiary/aromatic N) is 2. The summed E-state index contributed by atoms with van der Waals surface area (Å²) < 4.78 is 11.1. The van der Waals surface area contributed by atoms with Gasteiger partial charge in [-0.1, -0.05) is 6.92 Å². The molecule has 1 heterocycles. The maximum atomic E-state index is 11.9. The highest BCUT2D eigenvalue weighted by molar-refractivity contribution is 5.99. The zero-order valence-electron chi connectivity index (χ0n) is 12.6. The molecule has 1 amide bonds. The highest BCUT2D eigenvalue weighted by Crippen LogP contribution is 2.42. The molecule has 120 valence electrons. The summed E-state index contributed by atoms with van der Waals surface area (Å²) in [4.78, 5) is 23.9. The van der Waals surface area contributed by atoms with Gasteiger partial charge in [-0.05, 0) is 30.2 Å². The number of aliphatic carboxylic acids is 1. The summed E-state index contributed by atoms with van der Waals surface area (Å²) in [6.07, 6.45) is 3.17. The Labute approximate surface area is 133 Å². The van der Waals surface area contributed by atoms with Crippen LogP contribution in [0.25, 0.3) is 6.08 Å². The molecule has 1 aromatic rings. The van der Waals surface area contributed by atoms with E-state index < -0.39 is 5.97 Å². The molecule has 0 fully saturated rings. The summed E-state index contributed by atoms with van der Waals surface area (Å²) in [7, 11) is 0. The van der Waals surface area contributed by atoms with Gasteiger partial charge in [0.2, 0.25) is 0 Å². The summed E-state index contributed by atoms with van der Waals surface area (Å²) in [5.74, 6) is -0.606. The minimum Gasteiger partial charge on any atom is -0.490 e. The average Bonchev–Trinajstić information content (AvgIpc) is 2.53. The lowest BCUT2D eigenvalue weighted by Gasteiger charge is -2.29. The van der Waals surface area contributed by atoms with E-state index in [9.17, 15) is 9.59 Å². The standard InChI is InChI=1S/C16H16N2O5/c1-2-7-22-13-9-11(3-4-15(20)21)8-12-16(13)23-10-14(19)18(12)6-5-17/h3-4,8-9H,2,6-7,10H2,1H3,(H,20,21)/b4-3+. The number of hydrogen-bond donors (Lipinski definition) is 1. The smallest absolute Gasteiger partial charge is 0.328 e. The molecular weight excluding hydrogens is 300 g/mol. The van der Waals surface area contributed by atoms with E-state index in [1.165, 1.54) is 11.0 Å². The fourth-order valence-electron chi connectivity index (χ4n) is 2.13. The molecule has 1 aromatic carbocycles. The second-order valence-corrected chi connectivity index (χ2v) is 4.81. The van der Waals surface area contributed by atoms with Crippen molar-refractivity contribution in [1.82, 2.24) is 0 Å². The van der Waals surface area contributed by atoms with Crippen LogP contribution in [-0.2, 0) is 9.59 Å². The lowest BCUT2D eigenvalue weighted by Crippen LogP contribution is -2.39. The largest absolute Gasteiger partial charge is 0.490 e.